The van der Waals surface area contributed by atoms with E-state index in [2.05, 4.69) is 5.10 Å². The fraction of sp³-hybridized carbons (Fsp3) is 0.0952. The number of ether oxygens (including phenoxy) is 1. The van der Waals surface area contributed by atoms with Gasteiger partial charge in [0.1, 0.15) is 15.5 Å². The van der Waals surface area contributed by atoms with Gasteiger partial charge in [0, 0.05) is 5.39 Å². The van der Waals surface area contributed by atoms with E-state index >= 15 is 0 Å². The van der Waals surface area contributed by atoms with Crippen LogP contribution >= 0.6 is 11.3 Å². The van der Waals surface area contributed by atoms with Gasteiger partial charge >= 0.3 is 5.97 Å². The third-order valence-electron chi connectivity index (χ3n) is 4.46. The highest BCUT2D eigenvalue weighted by atomic mass is 32.1. The first-order chi connectivity index (χ1) is 15.2. The lowest BCUT2D eigenvalue weighted by molar-refractivity contribution is -0.119. The molecule has 0 aliphatic carbocycles. The van der Waals surface area contributed by atoms with Crippen LogP contribution in [0.4, 0.5) is 23.2 Å². The lowest BCUT2D eigenvalue weighted by atomic mass is 10.3. The summed E-state index contributed by atoms with van der Waals surface area (Å²) in [5, 5.41) is 7.08. The van der Waals surface area contributed by atoms with E-state index in [9.17, 15) is 27.2 Å². The quantitative estimate of drug-likeness (QED) is 0.264. The van der Waals surface area contributed by atoms with Crippen LogP contribution in [0.1, 0.15) is 15.4 Å². The molecule has 1 N–H and O–H groups in total. The van der Waals surface area contributed by atoms with Gasteiger partial charge in [-0.1, -0.05) is 0 Å². The molecule has 0 saturated heterocycles. The van der Waals surface area contributed by atoms with Gasteiger partial charge in [0.25, 0.3) is 5.91 Å². The highest BCUT2D eigenvalue weighted by Gasteiger charge is 2.20. The first-order valence-electron chi connectivity index (χ1n) is 9.10. The second kappa shape index (κ2) is 8.42. The molecule has 11 heteroatoms. The minimum atomic E-state index is -1.73. The second-order valence-electron chi connectivity index (χ2n) is 6.65. The summed E-state index contributed by atoms with van der Waals surface area (Å²) in [6.45, 7) is 0.975. The molecule has 2 aromatic carbocycles. The van der Waals surface area contributed by atoms with E-state index in [0.717, 1.165) is 17.4 Å². The van der Waals surface area contributed by atoms with Crippen LogP contribution in [0.3, 0.4) is 0 Å². The Morgan fingerprint density at radius 3 is 2.50 bits per heavy atom. The van der Waals surface area contributed by atoms with E-state index in [1.165, 1.54) is 12.1 Å². The average molecular weight is 463 g/mol. The zero-order valence-corrected chi connectivity index (χ0v) is 17.1. The predicted octanol–water partition coefficient (Wildman–Crippen LogP) is 4.75. The number of carbonyl (C=O) groups is 2. The summed E-state index contributed by atoms with van der Waals surface area (Å²) in [5.74, 6) is -6.82. The van der Waals surface area contributed by atoms with Gasteiger partial charge in [0.2, 0.25) is 0 Å². The van der Waals surface area contributed by atoms with Crippen molar-refractivity contribution in [2.24, 2.45) is 0 Å². The number of rotatable bonds is 5. The van der Waals surface area contributed by atoms with Gasteiger partial charge in [-0.15, -0.1) is 11.3 Å². The number of benzene rings is 2. The zero-order chi connectivity index (χ0) is 23.0. The molecule has 2 aromatic heterocycles. The van der Waals surface area contributed by atoms with Crippen LogP contribution in [0, 0.1) is 30.2 Å². The first kappa shape index (κ1) is 21.5. The molecule has 6 nitrogen and oxygen atoms in total. The minimum Gasteiger partial charge on any atom is -0.451 e. The Kier molecular flexibility index (Phi) is 5.66. The Bertz CT molecular complexity index is 1350. The summed E-state index contributed by atoms with van der Waals surface area (Å²) in [5.41, 5.74) is 0.646. The smallest absolute Gasteiger partial charge is 0.348 e. The summed E-state index contributed by atoms with van der Waals surface area (Å²) < 4.78 is 59.6. The Hall–Kier alpha value is -3.73. The van der Waals surface area contributed by atoms with Crippen LogP contribution in [0.15, 0.2) is 42.5 Å². The second-order valence-corrected chi connectivity index (χ2v) is 7.68. The van der Waals surface area contributed by atoms with Crippen molar-refractivity contribution in [3.63, 3.8) is 0 Å². The van der Waals surface area contributed by atoms with E-state index < -0.39 is 47.4 Å². The third kappa shape index (κ3) is 4.06. The van der Waals surface area contributed by atoms with Crippen LogP contribution in [-0.4, -0.2) is 28.3 Å². The molecule has 1 amide bonds. The number of hydrogen-bond donors (Lipinski definition) is 1. The molecule has 0 atom stereocenters. The van der Waals surface area contributed by atoms with E-state index in [-0.39, 0.29) is 4.88 Å². The Morgan fingerprint density at radius 2 is 1.78 bits per heavy atom. The normalized spacial score (nSPS) is 11.0. The summed E-state index contributed by atoms with van der Waals surface area (Å²) in [6, 6.07) is 8.72. The van der Waals surface area contributed by atoms with Gasteiger partial charge in [-0.05, 0) is 49.4 Å². The molecule has 0 aliphatic rings. The van der Waals surface area contributed by atoms with Gasteiger partial charge in [-0.2, -0.15) is 5.10 Å². The lowest BCUT2D eigenvalue weighted by Crippen LogP contribution is -2.21. The van der Waals surface area contributed by atoms with Gasteiger partial charge < -0.3 is 10.1 Å². The SMILES string of the molecule is Cc1nn(-c2ccc(F)cc2)c2sc(C(=O)OCC(=O)Nc3ccc(F)c(F)c3F)cc12. The summed E-state index contributed by atoms with van der Waals surface area (Å²) in [6.07, 6.45) is 0. The number of halogens is 4. The van der Waals surface area contributed by atoms with Crippen LogP contribution in [0.2, 0.25) is 0 Å². The number of amides is 1. The summed E-state index contributed by atoms with van der Waals surface area (Å²) in [4.78, 5) is 25.1. The van der Waals surface area contributed by atoms with Crippen molar-refractivity contribution in [2.45, 2.75) is 6.92 Å². The van der Waals surface area contributed by atoms with E-state index in [1.807, 2.05) is 5.32 Å². The number of nitrogens with one attached hydrogen (secondary N) is 1. The number of thiophene rings is 1. The van der Waals surface area contributed by atoms with Crippen molar-refractivity contribution >= 4 is 39.1 Å². The summed E-state index contributed by atoms with van der Waals surface area (Å²) >= 11 is 1.06. The molecule has 0 saturated carbocycles. The lowest BCUT2D eigenvalue weighted by Gasteiger charge is -2.07. The number of carbonyl (C=O) groups excluding carboxylic acids is 2. The molecule has 0 unspecified atom stereocenters. The highest BCUT2D eigenvalue weighted by molar-refractivity contribution is 7.20. The van der Waals surface area contributed by atoms with Gasteiger partial charge in [-0.25, -0.2) is 27.0 Å². The van der Waals surface area contributed by atoms with E-state index in [4.69, 9.17) is 4.74 Å². The fourth-order valence-corrected chi connectivity index (χ4v) is 3.99. The molecule has 2 heterocycles. The maximum absolute atomic E-state index is 13.6. The minimum absolute atomic E-state index is 0.183. The molecule has 0 radical (unpaired) electrons. The van der Waals surface area contributed by atoms with Crippen molar-refractivity contribution < 1.29 is 31.9 Å². The van der Waals surface area contributed by atoms with Crippen molar-refractivity contribution in [2.75, 3.05) is 11.9 Å². The average Bonchev–Trinajstić information content (AvgIpc) is 3.34. The topological polar surface area (TPSA) is 73.2 Å². The van der Waals surface area contributed by atoms with Crippen molar-refractivity contribution in [3.05, 3.63) is 76.3 Å². The van der Waals surface area contributed by atoms with Crippen LogP contribution < -0.4 is 5.32 Å². The maximum Gasteiger partial charge on any atom is 0.348 e. The fourth-order valence-electron chi connectivity index (χ4n) is 2.92. The van der Waals surface area contributed by atoms with E-state index in [0.29, 0.717) is 27.7 Å². The first-order valence-corrected chi connectivity index (χ1v) is 9.92. The van der Waals surface area contributed by atoms with Crippen LogP contribution in [0.25, 0.3) is 15.9 Å². The van der Waals surface area contributed by atoms with Crippen LogP contribution in [0.5, 0.6) is 0 Å². The third-order valence-corrected chi connectivity index (χ3v) is 5.55. The van der Waals surface area contributed by atoms with Gasteiger partial charge in [-0.3, -0.25) is 4.79 Å². The Balaban J connectivity index is 1.47. The molecule has 4 rings (SSSR count). The van der Waals surface area contributed by atoms with E-state index in [1.54, 1.807) is 29.8 Å². The molecule has 0 spiro atoms. The standard InChI is InChI=1S/C21H13F4N3O3S/c1-10-13-8-16(32-20(13)28(27-10)12-4-2-11(22)3-5-12)21(30)31-9-17(29)26-15-7-6-14(23)18(24)19(15)25/h2-8H,9H2,1H3,(H,26,29). The number of hydrogen-bond acceptors (Lipinski definition) is 5. The van der Waals surface area contributed by atoms with Crippen molar-refractivity contribution in [3.8, 4) is 5.69 Å². The molecular formula is C21H13F4N3O3S. The summed E-state index contributed by atoms with van der Waals surface area (Å²) in [7, 11) is 0. The zero-order valence-electron chi connectivity index (χ0n) is 16.3. The highest BCUT2D eigenvalue weighted by Crippen LogP contribution is 2.31. The Labute approximate surface area is 182 Å². The number of nitrogens with zero attached hydrogens (tertiary/aromatic N) is 2. The Morgan fingerprint density at radius 1 is 1.06 bits per heavy atom. The maximum atomic E-state index is 13.6. The number of aromatic nitrogens is 2. The molecule has 0 bridgehead atoms. The molecular weight excluding hydrogens is 450 g/mol. The van der Waals surface area contributed by atoms with Crippen molar-refractivity contribution in [1.82, 2.24) is 9.78 Å². The van der Waals surface area contributed by atoms with Crippen LogP contribution in [-0.2, 0) is 9.53 Å². The molecule has 0 aliphatic heterocycles. The number of aryl methyl sites for hydroxylation is 1. The predicted molar refractivity (Wildman–Crippen MR) is 109 cm³/mol. The number of fused-ring (bicyclic) bond motifs is 1. The largest absolute Gasteiger partial charge is 0.451 e. The molecule has 32 heavy (non-hydrogen) atoms. The number of anilines is 1. The van der Waals surface area contributed by atoms with Gasteiger partial charge in [0.15, 0.2) is 24.1 Å². The molecule has 4 aromatic rings. The molecule has 164 valence electrons. The monoisotopic (exact) mass is 463 g/mol. The van der Waals surface area contributed by atoms with Gasteiger partial charge in [0.05, 0.1) is 17.1 Å². The molecule has 0 fully saturated rings. The van der Waals surface area contributed by atoms with Crippen molar-refractivity contribution in [1.29, 1.82) is 0 Å². The number of esters is 1.